The molecular formula is C15H14BrNO2. The number of nitrogens with one attached hydrogen (secondary N) is 1. The summed E-state index contributed by atoms with van der Waals surface area (Å²) in [4.78, 5) is 12.0. The fourth-order valence-electron chi connectivity index (χ4n) is 1.78. The van der Waals surface area contributed by atoms with Crippen LogP contribution in [0.2, 0.25) is 0 Å². The summed E-state index contributed by atoms with van der Waals surface area (Å²) >= 11 is 3.37. The second-order valence-electron chi connectivity index (χ2n) is 4.31. The Morgan fingerprint density at radius 1 is 1.21 bits per heavy atom. The van der Waals surface area contributed by atoms with Crippen molar-refractivity contribution >= 4 is 21.8 Å². The molecule has 0 unspecified atom stereocenters. The fourth-order valence-corrected chi connectivity index (χ4v) is 2.05. The van der Waals surface area contributed by atoms with Crippen LogP contribution in [0.1, 0.15) is 21.5 Å². The van der Waals surface area contributed by atoms with Crippen molar-refractivity contribution in [3.63, 3.8) is 0 Å². The molecule has 0 bridgehead atoms. The van der Waals surface area contributed by atoms with E-state index in [0.717, 1.165) is 15.6 Å². The maximum absolute atomic E-state index is 12.0. The Kier molecular flexibility index (Phi) is 4.22. The van der Waals surface area contributed by atoms with E-state index in [2.05, 4.69) is 21.2 Å². The van der Waals surface area contributed by atoms with Gasteiger partial charge in [0, 0.05) is 16.6 Å². The van der Waals surface area contributed by atoms with E-state index in [0.29, 0.717) is 12.1 Å². The average molecular weight is 320 g/mol. The molecule has 0 atom stereocenters. The normalized spacial score (nSPS) is 10.2. The van der Waals surface area contributed by atoms with Crippen LogP contribution in [0.4, 0.5) is 0 Å². The summed E-state index contributed by atoms with van der Waals surface area (Å²) < 4.78 is 1.01. The molecule has 0 aliphatic heterocycles. The predicted molar refractivity (Wildman–Crippen MR) is 78.2 cm³/mol. The number of amides is 1. The SMILES string of the molecule is Cc1cc(O)ccc1C(=O)NCc1ccc(Br)cc1. The number of rotatable bonds is 3. The fraction of sp³-hybridized carbons (Fsp3) is 0.133. The highest BCUT2D eigenvalue weighted by Gasteiger charge is 2.08. The molecule has 2 rings (SSSR count). The van der Waals surface area contributed by atoms with E-state index in [1.165, 1.54) is 6.07 Å². The van der Waals surface area contributed by atoms with Gasteiger partial charge in [-0.2, -0.15) is 0 Å². The smallest absolute Gasteiger partial charge is 0.251 e. The summed E-state index contributed by atoms with van der Waals surface area (Å²) in [5, 5.41) is 12.2. The molecule has 0 aliphatic rings. The summed E-state index contributed by atoms with van der Waals surface area (Å²) in [6, 6.07) is 12.5. The first kappa shape index (κ1) is 13.6. The van der Waals surface area contributed by atoms with E-state index in [1.54, 1.807) is 19.1 Å². The van der Waals surface area contributed by atoms with Crippen molar-refractivity contribution in [2.24, 2.45) is 0 Å². The number of aromatic hydroxyl groups is 1. The summed E-state index contributed by atoms with van der Waals surface area (Å²) in [7, 11) is 0. The molecule has 0 heterocycles. The van der Waals surface area contributed by atoms with E-state index in [1.807, 2.05) is 24.3 Å². The summed E-state index contributed by atoms with van der Waals surface area (Å²) in [6.07, 6.45) is 0. The predicted octanol–water partition coefficient (Wildman–Crippen LogP) is 3.39. The number of hydrogen-bond donors (Lipinski definition) is 2. The van der Waals surface area contributed by atoms with E-state index in [4.69, 9.17) is 0 Å². The Labute approximate surface area is 120 Å². The van der Waals surface area contributed by atoms with Crippen molar-refractivity contribution in [1.82, 2.24) is 5.32 Å². The van der Waals surface area contributed by atoms with Gasteiger partial charge in [-0.05, 0) is 48.4 Å². The van der Waals surface area contributed by atoms with Gasteiger partial charge in [-0.25, -0.2) is 0 Å². The van der Waals surface area contributed by atoms with Crippen molar-refractivity contribution in [3.8, 4) is 5.75 Å². The molecule has 2 aromatic carbocycles. The molecule has 0 aliphatic carbocycles. The first-order valence-electron chi connectivity index (χ1n) is 5.88. The van der Waals surface area contributed by atoms with E-state index in [9.17, 15) is 9.90 Å². The van der Waals surface area contributed by atoms with Crippen LogP contribution >= 0.6 is 15.9 Å². The number of phenolic OH excluding ortho intramolecular Hbond substituents is 1. The van der Waals surface area contributed by atoms with Crippen molar-refractivity contribution in [2.75, 3.05) is 0 Å². The van der Waals surface area contributed by atoms with Gasteiger partial charge in [-0.3, -0.25) is 4.79 Å². The summed E-state index contributed by atoms with van der Waals surface area (Å²) in [5.74, 6) is 0.0300. The maximum Gasteiger partial charge on any atom is 0.251 e. The van der Waals surface area contributed by atoms with E-state index >= 15 is 0 Å². The van der Waals surface area contributed by atoms with Gasteiger partial charge >= 0.3 is 0 Å². The van der Waals surface area contributed by atoms with Gasteiger partial charge in [0.05, 0.1) is 0 Å². The highest BCUT2D eigenvalue weighted by atomic mass is 79.9. The monoisotopic (exact) mass is 319 g/mol. The van der Waals surface area contributed by atoms with Crippen molar-refractivity contribution < 1.29 is 9.90 Å². The zero-order chi connectivity index (χ0) is 13.8. The molecule has 0 aromatic heterocycles. The lowest BCUT2D eigenvalue weighted by molar-refractivity contribution is 0.0950. The molecule has 0 fully saturated rings. The van der Waals surface area contributed by atoms with Gasteiger partial charge < -0.3 is 10.4 Å². The number of halogens is 1. The maximum atomic E-state index is 12.0. The van der Waals surface area contributed by atoms with Crippen molar-refractivity contribution in [1.29, 1.82) is 0 Å². The zero-order valence-corrected chi connectivity index (χ0v) is 12.1. The molecule has 19 heavy (non-hydrogen) atoms. The molecule has 0 saturated carbocycles. The Balaban J connectivity index is 2.03. The Morgan fingerprint density at radius 2 is 1.89 bits per heavy atom. The van der Waals surface area contributed by atoms with Crippen LogP contribution in [-0.4, -0.2) is 11.0 Å². The van der Waals surface area contributed by atoms with Gasteiger partial charge in [0.2, 0.25) is 0 Å². The highest BCUT2D eigenvalue weighted by molar-refractivity contribution is 9.10. The first-order valence-corrected chi connectivity index (χ1v) is 6.68. The van der Waals surface area contributed by atoms with Crippen LogP contribution in [0.25, 0.3) is 0 Å². The van der Waals surface area contributed by atoms with Crippen molar-refractivity contribution in [2.45, 2.75) is 13.5 Å². The molecule has 0 spiro atoms. The van der Waals surface area contributed by atoms with E-state index in [-0.39, 0.29) is 11.7 Å². The lowest BCUT2D eigenvalue weighted by Crippen LogP contribution is -2.23. The number of aryl methyl sites for hydroxylation is 1. The van der Waals surface area contributed by atoms with Gasteiger partial charge in [0.25, 0.3) is 5.91 Å². The third-order valence-electron chi connectivity index (χ3n) is 2.82. The van der Waals surface area contributed by atoms with Gasteiger partial charge in [0.15, 0.2) is 0 Å². The summed E-state index contributed by atoms with van der Waals surface area (Å²) in [6.45, 7) is 2.28. The number of carbonyl (C=O) groups is 1. The Morgan fingerprint density at radius 3 is 2.53 bits per heavy atom. The van der Waals surface area contributed by atoms with Crippen LogP contribution in [0.15, 0.2) is 46.9 Å². The molecule has 1 amide bonds. The van der Waals surface area contributed by atoms with Crippen LogP contribution in [-0.2, 0) is 6.54 Å². The minimum atomic E-state index is -0.139. The molecule has 4 heteroatoms. The van der Waals surface area contributed by atoms with Crippen LogP contribution in [0.5, 0.6) is 5.75 Å². The molecule has 98 valence electrons. The van der Waals surface area contributed by atoms with Gasteiger partial charge in [-0.15, -0.1) is 0 Å². The topological polar surface area (TPSA) is 49.3 Å². The Bertz CT molecular complexity index is 594. The molecule has 0 saturated heterocycles. The number of phenols is 1. The molecular weight excluding hydrogens is 306 g/mol. The van der Waals surface area contributed by atoms with Crippen LogP contribution in [0.3, 0.4) is 0 Å². The third-order valence-corrected chi connectivity index (χ3v) is 3.35. The summed E-state index contributed by atoms with van der Waals surface area (Å²) in [5.41, 5.74) is 2.37. The van der Waals surface area contributed by atoms with Gasteiger partial charge in [0.1, 0.15) is 5.75 Å². The molecule has 2 aromatic rings. The third kappa shape index (κ3) is 3.58. The lowest BCUT2D eigenvalue weighted by atomic mass is 10.1. The second-order valence-corrected chi connectivity index (χ2v) is 5.22. The van der Waals surface area contributed by atoms with E-state index < -0.39 is 0 Å². The quantitative estimate of drug-likeness (QED) is 0.911. The Hall–Kier alpha value is -1.81. The largest absolute Gasteiger partial charge is 0.508 e. The zero-order valence-electron chi connectivity index (χ0n) is 10.5. The minimum Gasteiger partial charge on any atom is -0.508 e. The van der Waals surface area contributed by atoms with Crippen LogP contribution in [0, 0.1) is 6.92 Å². The van der Waals surface area contributed by atoms with Crippen molar-refractivity contribution in [3.05, 3.63) is 63.6 Å². The van der Waals surface area contributed by atoms with Crippen LogP contribution < -0.4 is 5.32 Å². The minimum absolute atomic E-state index is 0.139. The molecule has 0 radical (unpaired) electrons. The first-order chi connectivity index (χ1) is 9.06. The second kappa shape index (κ2) is 5.89. The highest BCUT2D eigenvalue weighted by Crippen LogP contribution is 2.16. The number of hydrogen-bond acceptors (Lipinski definition) is 2. The number of benzene rings is 2. The molecule has 3 nitrogen and oxygen atoms in total. The molecule has 2 N–H and O–H groups in total. The standard InChI is InChI=1S/C15H14BrNO2/c1-10-8-13(18)6-7-14(10)15(19)17-9-11-2-4-12(16)5-3-11/h2-8,18H,9H2,1H3,(H,17,19). The lowest BCUT2D eigenvalue weighted by Gasteiger charge is -2.08. The van der Waals surface area contributed by atoms with Gasteiger partial charge in [-0.1, -0.05) is 28.1 Å². The average Bonchev–Trinajstić information content (AvgIpc) is 2.37. The number of carbonyl (C=O) groups excluding carboxylic acids is 1.